The van der Waals surface area contributed by atoms with Gasteiger partial charge in [0.25, 0.3) is 0 Å². The van der Waals surface area contributed by atoms with E-state index in [1.807, 2.05) is 22.6 Å². The number of carboxylic acids is 1. The Labute approximate surface area is 124 Å². The molecule has 1 rings (SSSR count). The molecule has 0 radical (unpaired) electrons. The van der Waals surface area contributed by atoms with E-state index in [-0.39, 0.29) is 17.3 Å². The van der Waals surface area contributed by atoms with Crippen molar-refractivity contribution >= 4 is 40.3 Å². The third-order valence-corrected chi connectivity index (χ3v) is 2.93. The summed E-state index contributed by atoms with van der Waals surface area (Å²) in [5, 5.41) is 14.2. The lowest BCUT2D eigenvalue weighted by molar-refractivity contribution is 0.0698. The van der Waals surface area contributed by atoms with Crippen LogP contribution < -0.4 is 10.6 Å². The topological polar surface area (TPSA) is 87.7 Å². The summed E-state index contributed by atoms with van der Waals surface area (Å²) >= 11 is 2.01. The number of anilines is 1. The van der Waals surface area contributed by atoms with Crippen LogP contribution in [0.1, 0.15) is 17.3 Å². The fourth-order valence-corrected chi connectivity index (χ4v) is 1.97. The Balaban J connectivity index is 2.76. The van der Waals surface area contributed by atoms with Crippen LogP contribution in [0.4, 0.5) is 10.5 Å². The van der Waals surface area contributed by atoms with Gasteiger partial charge < -0.3 is 20.5 Å². The van der Waals surface area contributed by atoms with Gasteiger partial charge in [0.15, 0.2) is 0 Å². The molecular formula is C12H15IN2O4. The van der Waals surface area contributed by atoms with Crippen molar-refractivity contribution in [1.29, 1.82) is 0 Å². The van der Waals surface area contributed by atoms with Crippen molar-refractivity contribution in [3.05, 3.63) is 27.3 Å². The highest BCUT2D eigenvalue weighted by Gasteiger charge is 2.14. The first-order valence-corrected chi connectivity index (χ1v) is 6.61. The fraction of sp³-hybridized carbons (Fsp3) is 0.333. The van der Waals surface area contributed by atoms with E-state index in [4.69, 9.17) is 9.84 Å². The molecule has 0 aliphatic heterocycles. The zero-order valence-electron chi connectivity index (χ0n) is 10.6. The van der Waals surface area contributed by atoms with Gasteiger partial charge >= 0.3 is 12.0 Å². The zero-order chi connectivity index (χ0) is 14.4. The van der Waals surface area contributed by atoms with Crippen LogP contribution in [0.3, 0.4) is 0 Å². The molecule has 0 heterocycles. The summed E-state index contributed by atoms with van der Waals surface area (Å²) in [6.45, 7) is 2.17. The van der Waals surface area contributed by atoms with E-state index in [0.717, 1.165) is 3.57 Å². The van der Waals surface area contributed by atoms with E-state index >= 15 is 0 Å². The lowest BCUT2D eigenvalue weighted by Gasteiger charge is -2.14. The Kier molecular flexibility index (Phi) is 6.03. The number of carboxylic acid groups (broad SMARTS) is 1. The van der Waals surface area contributed by atoms with Gasteiger partial charge in [0.05, 0.1) is 23.9 Å². The zero-order valence-corrected chi connectivity index (χ0v) is 12.7. The average Bonchev–Trinajstić information content (AvgIpc) is 2.31. The van der Waals surface area contributed by atoms with Crippen molar-refractivity contribution in [3.63, 3.8) is 0 Å². The second-order valence-corrected chi connectivity index (χ2v) is 5.20. The second-order valence-electron chi connectivity index (χ2n) is 3.95. The molecule has 6 nitrogen and oxygen atoms in total. The van der Waals surface area contributed by atoms with E-state index in [1.165, 1.54) is 13.2 Å². The summed E-state index contributed by atoms with van der Waals surface area (Å²) in [7, 11) is 1.54. The van der Waals surface area contributed by atoms with E-state index < -0.39 is 12.0 Å². The van der Waals surface area contributed by atoms with Crippen molar-refractivity contribution in [1.82, 2.24) is 5.32 Å². The van der Waals surface area contributed by atoms with Gasteiger partial charge in [0, 0.05) is 10.7 Å². The summed E-state index contributed by atoms with van der Waals surface area (Å²) in [6.07, 6.45) is 0. The van der Waals surface area contributed by atoms with Gasteiger partial charge in [-0.05, 0) is 47.7 Å². The van der Waals surface area contributed by atoms with Crippen molar-refractivity contribution in [3.8, 4) is 0 Å². The number of carbonyl (C=O) groups excluding carboxylic acids is 1. The highest BCUT2D eigenvalue weighted by molar-refractivity contribution is 14.1. The first-order chi connectivity index (χ1) is 8.93. The van der Waals surface area contributed by atoms with Crippen LogP contribution in [0.25, 0.3) is 0 Å². The third kappa shape index (κ3) is 5.03. The van der Waals surface area contributed by atoms with E-state index in [1.54, 1.807) is 19.1 Å². The van der Waals surface area contributed by atoms with E-state index in [2.05, 4.69) is 10.6 Å². The molecule has 0 bridgehead atoms. The number of rotatable bonds is 5. The molecule has 1 aromatic carbocycles. The molecule has 0 aromatic heterocycles. The van der Waals surface area contributed by atoms with Crippen LogP contribution in [-0.4, -0.2) is 36.9 Å². The first-order valence-electron chi connectivity index (χ1n) is 5.53. The van der Waals surface area contributed by atoms with E-state index in [0.29, 0.717) is 6.61 Å². The van der Waals surface area contributed by atoms with Crippen LogP contribution in [-0.2, 0) is 4.74 Å². The highest BCUT2D eigenvalue weighted by Crippen LogP contribution is 2.18. The molecule has 0 spiro atoms. The smallest absolute Gasteiger partial charge is 0.337 e. The number of halogens is 1. The molecule has 2 amide bonds. The lowest BCUT2D eigenvalue weighted by Crippen LogP contribution is -2.38. The Morgan fingerprint density at radius 2 is 2.16 bits per heavy atom. The van der Waals surface area contributed by atoms with Gasteiger partial charge in [0.2, 0.25) is 0 Å². The number of nitrogens with one attached hydrogen (secondary N) is 2. The molecule has 0 fully saturated rings. The second kappa shape index (κ2) is 7.29. The monoisotopic (exact) mass is 378 g/mol. The van der Waals surface area contributed by atoms with Gasteiger partial charge in [-0.15, -0.1) is 0 Å². The molecule has 0 saturated heterocycles. The Bertz CT molecular complexity index is 479. The SMILES string of the molecule is COCC(C)NC(=O)Nc1ccc(I)cc1C(=O)O. The largest absolute Gasteiger partial charge is 0.478 e. The van der Waals surface area contributed by atoms with Crippen LogP contribution in [0.2, 0.25) is 0 Å². The summed E-state index contributed by atoms with van der Waals surface area (Å²) < 4.78 is 5.68. The van der Waals surface area contributed by atoms with Crippen LogP contribution >= 0.6 is 22.6 Å². The summed E-state index contributed by atoms with van der Waals surface area (Å²) in [5.74, 6) is -1.08. The quantitative estimate of drug-likeness (QED) is 0.686. The van der Waals surface area contributed by atoms with Crippen LogP contribution in [0.15, 0.2) is 18.2 Å². The number of hydrogen-bond donors (Lipinski definition) is 3. The number of hydrogen-bond acceptors (Lipinski definition) is 3. The molecule has 3 N–H and O–H groups in total. The number of benzene rings is 1. The maximum absolute atomic E-state index is 11.7. The molecule has 1 atom stereocenters. The number of carbonyl (C=O) groups is 2. The van der Waals surface area contributed by atoms with Gasteiger partial charge in [0.1, 0.15) is 0 Å². The van der Waals surface area contributed by atoms with Gasteiger partial charge in [-0.2, -0.15) is 0 Å². The third-order valence-electron chi connectivity index (χ3n) is 2.25. The van der Waals surface area contributed by atoms with E-state index in [9.17, 15) is 9.59 Å². The van der Waals surface area contributed by atoms with Gasteiger partial charge in [-0.3, -0.25) is 0 Å². The number of urea groups is 1. The fourth-order valence-electron chi connectivity index (χ4n) is 1.48. The Morgan fingerprint density at radius 1 is 1.47 bits per heavy atom. The highest BCUT2D eigenvalue weighted by atomic mass is 127. The molecule has 19 heavy (non-hydrogen) atoms. The predicted molar refractivity (Wildman–Crippen MR) is 79.6 cm³/mol. The number of ether oxygens (including phenoxy) is 1. The molecule has 104 valence electrons. The predicted octanol–water partition coefficient (Wildman–Crippen LogP) is 2.15. The maximum atomic E-state index is 11.7. The lowest BCUT2D eigenvalue weighted by atomic mass is 10.2. The van der Waals surface area contributed by atoms with Crippen molar-refractivity contribution in [2.24, 2.45) is 0 Å². The van der Waals surface area contributed by atoms with Gasteiger partial charge in [-0.25, -0.2) is 9.59 Å². The normalized spacial score (nSPS) is 11.7. The molecule has 0 aliphatic carbocycles. The van der Waals surface area contributed by atoms with Crippen LogP contribution in [0, 0.1) is 3.57 Å². The average molecular weight is 378 g/mol. The number of aromatic carboxylic acids is 1. The number of methoxy groups -OCH3 is 1. The van der Waals surface area contributed by atoms with Crippen molar-refractivity contribution in [2.45, 2.75) is 13.0 Å². The van der Waals surface area contributed by atoms with Crippen molar-refractivity contribution in [2.75, 3.05) is 19.0 Å². The standard InChI is InChI=1S/C12H15IN2O4/c1-7(6-19-2)14-12(18)15-10-4-3-8(13)5-9(10)11(16)17/h3-5,7H,6H2,1-2H3,(H,16,17)(H2,14,15,18). The van der Waals surface area contributed by atoms with Crippen molar-refractivity contribution < 1.29 is 19.4 Å². The summed E-state index contributed by atoms with van der Waals surface area (Å²) in [6, 6.07) is 4.15. The molecule has 0 saturated carbocycles. The first kappa shape index (κ1) is 15.7. The minimum Gasteiger partial charge on any atom is -0.478 e. The summed E-state index contributed by atoms with van der Waals surface area (Å²) in [5.41, 5.74) is 0.316. The van der Waals surface area contributed by atoms with Gasteiger partial charge in [-0.1, -0.05) is 0 Å². The molecule has 7 heteroatoms. The Hall–Kier alpha value is -1.35. The molecule has 0 aliphatic rings. The minimum absolute atomic E-state index is 0.0569. The maximum Gasteiger partial charge on any atom is 0.337 e. The summed E-state index contributed by atoms with van der Waals surface area (Å²) in [4.78, 5) is 22.8. The minimum atomic E-state index is -1.08. The molecular weight excluding hydrogens is 363 g/mol. The molecule has 1 unspecified atom stereocenters. The van der Waals surface area contributed by atoms with Crippen LogP contribution in [0.5, 0.6) is 0 Å². The number of amides is 2. The Morgan fingerprint density at radius 3 is 2.74 bits per heavy atom. The molecule has 1 aromatic rings.